The first-order chi connectivity index (χ1) is 15.3. The Balaban J connectivity index is 1.55. The van der Waals surface area contributed by atoms with Crippen molar-refractivity contribution in [3.8, 4) is 0 Å². The van der Waals surface area contributed by atoms with Gasteiger partial charge in [0.15, 0.2) is 6.10 Å². The molecule has 0 radical (unpaired) electrons. The molecule has 0 bridgehead atoms. The van der Waals surface area contributed by atoms with Gasteiger partial charge < -0.3 is 14.6 Å². The Morgan fingerprint density at radius 3 is 2.47 bits per heavy atom. The maximum atomic E-state index is 13.3. The third-order valence-electron chi connectivity index (χ3n) is 5.74. The van der Waals surface area contributed by atoms with E-state index in [1.54, 1.807) is 0 Å². The minimum atomic E-state index is -4.10. The van der Waals surface area contributed by atoms with E-state index in [2.05, 4.69) is 0 Å². The number of ether oxygens (including phenoxy) is 2. The molecule has 0 spiro atoms. The highest BCUT2D eigenvalue weighted by atomic mass is 32.2. The summed E-state index contributed by atoms with van der Waals surface area (Å²) in [5, 5.41) is 20.4. The number of aliphatic carboxylic acids is 1. The van der Waals surface area contributed by atoms with Crippen LogP contribution in [0.5, 0.6) is 0 Å². The van der Waals surface area contributed by atoms with Crippen molar-refractivity contribution in [1.82, 2.24) is 4.31 Å². The molecule has 1 saturated heterocycles. The van der Waals surface area contributed by atoms with Crippen LogP contribution in [0.2, 0.25) is 0 Å². The van der Waals surface area contributed by atoms with Crippen molar-refractivity contribution in [3.05, 3.63) is 70.3 Å². The number of hydrogen-bond acceptors (Lipinski definition) is 7. The summed E-state index contributed by atoms with van der Waals surface area (Å²) in [6, 6.07) is 13.5. The monoisotopic (exact) mass is 462 g/mol. The van der Waals surface area contributed by atoms with Crippen LogP contribution in [0.4, 0.5) is 5.69 Å². The molecular formula is C21H22N2O8S. The SMILES string of the molecule is O=C(O)C1CN(S(=O)(=O)c2ccc([N+](=O)[O-])cc2)[C@@H]2C[C@@H](OCc3ccccc3)C[C@@H]2O1. The molecule has 1 saturated carbocycles. The molecule has 2 aliphatic rings. The van der Waals surface area contributed by atoms with E-state index in [1.807, 2.05) is 30.3 Å². The number of nitro benzene ring substituents is 1. The maximum Gasteiger partial charge on any atom is 0.334 e. The first kappa shape index (κ1) is 22.3. The van der Waals surface area contributed by atoms with Gasteiger partial charge in [0.1, 0.15) is 0 Å². The lowest BCUT2D eigenvalue weighted by atomic mass is 10.1. The van der Waals surface area contributed by atoms with Gasteiger partial charge in [-0.25, -0.2) is 13.2 Å². The smallest absolute Gasteiger partial charge is 0.334 e. The normalized spacial score (nSPS) is 25.9. The Labute approximate surface area is 184 Å². The second-order valence-electron chi connectivity index (χ2n) is 7.78. The van der Waals surface area contributed by atoms with Gasteiger partial charge in [0.2, 0.25) is 10.0 Å². The number of sulfonamides is 1. The van der Waals surface area contributed by atoms with Gasteiger partial charge in [0.05, 0.1) is 41.2 Å². The van der Waals surface area contributed by atoms with Gasteiger partial charge in [-0.1, -0.05) is 30.3 Å². The molecular weight excluding hydrogens is 440 g/mol. The standard InChI is InChI=1S/C21H22N2O8S/c24-21(25)20-12-22(32(28,29)17-8-6-15(7-9-17)23(26)27)18-10-16(11-19(18)31-20)30-13-14-4-2-1-3-5-14/h1-9,16,18-20H,10-13H2,(H,24,25)/t16-,18-,19+,20?/m1/s1. The molecule has 2 aromatic rings. The van der Waals surface area contributed by atoms with Crippen molar-refractivity contribution in [2.24, 2.45) is 0 Å². The van der Waals surface area contributed by atoms with E-state index >= 15 is 0 Å². The van der Waals surface area contributed by atoms with Crippen molar-refractivity contribution < 1.29 is 32.7 Å². The number of hydrogen-bond donors (Lipinski definition) is 1. The molecule has 4 rings (SSSR count). The Hall–Kier alpha value is -2.86. The Morgan fingerprint density at radius 2 is 1.84 bits per heavy atom. The second kappa shape index (κ2) is 8.94. The summed E-state index contributed by atoms with van der Waals surface area (Å²) in [6.45, 7) is 0.00361. The fraction of sp³-hybridized carbons (Fsp3) is 0.381. The van der Waals surface area contributed by atoms with Crippen LogP contribution in [0.15, 0.2) is 59.5 Å². The summed E-state index contributed by atoms with van der Waals surface area (Å²) in [5.41, 5.74) is 0.740. The van der Waals surface area contributed by atoms with Gasteiger partial charge in [-0.15, -0.1) is 0 Å². The number of nitro groups is 1. The number of benzene rings is 2. The first-order valence-electron chi connectivity index (χ1n) is 10.1. The van der Waals surface area contributed by atoms with E-state index in [4.69, 9.17) is 9.47 Å². The molecule has 32 heavy (non-hydrogen) atoms. The van der Waals surface area contributed by atoms with Gasteiger partial charge in [-0.3, -0.25) is 10.1 Å². The molecule has 1 unspecified atom stereocenters. The molecule has 4 atom stereocenters. The molecule has 10 nitrogen and oxygen atoms in total. The number of carboxylic acid groups (broad SMARTS) is 1. The summed E-state index contributed by atoms with van der Waals surface area (Å²) in [4.78, 5) is 21.7. The predicted molar refractivity (Wildman–Crippen MR) is 111 cm³/mol. The van der Waals surface area contributed by atoms with E-state index < -0.39 is 39.2 Å². The van der Waals surface area contributed by atoms with Crippen LogP contribution in [0.3, 0.4) is 0 Å². The zero-order valence-corrected chi connectivity index (χ0v) is 17.8. The maximum absolute atomic E-state index is 13.3. The summed E-state index contributed by atoms with van der Waals surface area (Å²) in [6.07, 6.45) is -1.51. The van der Waals surface area contributed by atoms with Crippen LogP contribution in [0.1, 0.15) is 18.4 Å². The summed E-state index contributed by atoms with van der Waals surface area (Å²) in [7, 11) is -4.10. The van der Waals surface area contributed by atoms with Crippen LogP contribution >= 0.6 is 0 Å². The van der Waals surface area contributed by atoms with Gasteiger partial charge in [0.25, 0.3) is 5.69 Å². The molecule has 2 aromatic carbocycles. The van der Waals surface area contributed by atoms with E-state index in [0.29, 0.717) is 19.4 Å². The number of nitrogens with zero attached hydrogens (tertiary/aromatic N) is 2. The van der Waals surface area contributed by atoms with Gasteiger partial charge in [-0.2, -0.15) is 4.31 Å². The highest BCUT2D eigenvalue weighted by Crippen LogP contribution is 2.37. The summed E-state index contributed by atoms with van der Waals surface area (Å²) >= 11 is 0. The molecule has 0 amide bonds. The molecule has 1 heterocycles. The fourth-order valence-electron chi connectivity index (χ4n) is 4.15. The average Bonchev–Trinajstić information content (AvgIpc) is 3.20. The van der Waals surface area contributed by atoms with Crippen molar-refractivity contribution in [2.45, 2.75) is 48.7 Å². The van der Waals surface area contributed by atoms with Crippen molar-refractivity contribution in [2.75, 3.05) is 6.54 Å². The van der Waals surface area contributed by atoms with Crippen LogP contribution < -0.4 is 0 Å². The van der Waals surface area contributed by atoms with E-state index in [1.165, 1.54) is 0 Å². The van der Waals surface area contributed by atoms with Crippen LogP contribution in [0.25, 0.3) is 0 Å². The summed E-state index contributed by atoms with van der Waals surface area (Å²) < 4.78 is 39.5. The van der Waals surface area contributed by atoms with E-state index in [0.717, 1.165) is 34.1 Å². The fourth-order valence-corrected chi connectivity index (χ4v) is 5.81. The first-order valence-corrected chi connectivity index (χ1v) is 11.5. The van der Waals surface area contributed by atoms with Gasteiger partial charge >= 0.3 is 5.97 Å². The minimum absolute atomic E-state index is 0.137. The van der Waals surface area contributed by atoms with Crippen molar-refractivity contribution in [3.63, 3.8) is 0 Å². The van der Waals surface area contributed by atoms with Crippen molar-refractivity contribution >= 4 is 21.7 Å². The van der Waals surface area contributed by atoms with E-state index in [9.17, 15) is 28.4 Å². The lowest BCUT2D eigenvalue weighted by Gasteiger charge is -2.39. The minimum Gasteiger partial charge on any atom is -0.479 e. The average molecular weight is 462 g/mol. The topological polar surface area (TPSA) is 136 Å². The quantitative estimate of drug-likeness (QED) is 0.488. The summed E-state index contributed by atoms with van der Waals surface area (Å²) in [5.74, 6) is -1.25. The zero-order valence-electron chi connectivity index (χ0n) is 16.9. The molecule has 0 aromatic heterocycles. The highest BCUT2D eigenvalue weighted by Gasteiger charge is 2.50. The van der Waals surface area contributed by atoms with Crippen LogP contribution in [0, 0.1) is 10.1 Å². The molecule has 2 fully saturated rings. The number of carboxylic acids is 1. The zero-order chi connectivity index (χ0) is 22.9. The number of morpholine rings is 1. The third kappa shape index (κ3) is 4.51. The molecule has 170 valence electrons. The van der Waals surface area contributed by atoms with Gasteiger partial charge in [-0.05, 0) is 24.1 Å². The molecule has 1 aliphatic carbocycles. The van der Waals surface area contributed by atoms with E-state index in [-0.39, 0.29) is 23.2 Å². The number of carbonyl (C=O) groups is 1. The predicted octanol–water partition coefficient (Wildman–Crippen LogP) is 2.19. The highest BCUT2D eigenvalue weighted by molar-refractivity contribution is 7.89. The third-order valence-corrected chi connectivity index (χ3v) is 7.65. The lowest BCUT2D eigenvalue weighted by Crippen LogP contribution is -2.56. The molecule has 1 aliphatic heterocycles. The number of non-ortho nitro benzene ring substituents is 1. The Morgan fingerprint density at radius 1 is 1.16 bits per heavy atom. The molecule has 1 N–H and O–H groups in total. The Kier molecular flexibility index (Phi) is 6.24. The second-order valence-corrected chi connectivity index (χ2v) is 9.68. The molecule has 11 heteroatoms. The largest absolute Gasteiger partial charge is 0.479 e. The lowest BCUT2D eigenvalue weighted by molar-refractivity contribution is -0.384. The number of rotatable bonds is 7. The van der Waals surface area contributed by atoms with Crippen molar-refractivity contribution in [1.29, 1.82) is 0 Å². The van der Waals surface area contributed by atoms with Crippen LogP contribution in [-0.2, 0) is 30.9 Å². The van der Waals surface area contributed by atoms with Gasteiger partial charge in [0, 0.05) is 18.6 Å². The van der Waals surface area contributed by atoms with Crippen LogP contribution in [-0.4, -0.2) is 59.6 Å². The number of fused-ring (bicyclic) bond motifs is 1. The Bertz CT molecular complexity index is 1090.